The summed E-state index contributed by atoms with van der Waals surface area (Å²) < 4.78 is 17.3. The summed E-state index contributed by atoms with van der Waals surface area (Å²) in [5.74, 6) is -0.0800. The van der Waals surface area contributed by atoms with Gasteiger partial charge in [-0.1, -0.05) is 17.4 Å². The molecule has 10 heteroatoms. The minimum absolute atomic E-state index is 0.00552. The van der Waals surface area contributed by atoms with Crippen molar-refractivity contribution in [2.24, 2.45) is 0 Å². The van der Waals surface area contributed by atoms with Crippen LogP contribution in [0.3, 0.4) is 0 Å². The van der Waals surface area contributed by atoms with Crippen LogP contribution in [0, 0.1) is 0 Å². The van der Waals surface area contributed by atoms with E-state index in [1.165, 1.54) is 27.6 Å². The van der Waals surface area contributed by atoms with Gasteiger partial charge in [0.2, 0.25) is 0 Å². The number of aliphatic hydroxyl groups is 1. The van der Waals surface area contributed by atoms with Crippen molar-refractivity contribution in [3.8, 4) is 17.2 Å². The van der Waals surface area contributed by atoms with Gasteiger partial charge in [0.15, 0.2) is 16.6 Å². The topological polar surface area (TPSA) is 98.2 Å². The molecule has 0 saturated carbocycles. The molecule has 1 amide bonds. The first-order chi connectivity index (χ1) is 17.0. The number of carbonyl (C=O) groups is 2. The van der Waals surface area contributed by atoms with Crippen molar-refractivity contribution < 1.29 is 28.9 Å². The zero-order chi connectivity index (χ0) is 24.1. The van der Waals surface area contributed by atoms with Gasteiger partial charge < -0.3 is 19.3 Å². The maximum Gasteiger partial charge on any atom is 0.301 e. The third kappa shape index (κ3) is 3.53. The summed E-state index contributed by atoms with van der Waals surface area (Å²) in [7, 11) is 1.58. The highest BCUT2D eigenvalue weighted by atomic mass is 32.1. The molecule has 1 fully saturated rings. The lowest BCUT2D eigenvalue weighted by molar-refractivity contribution is -0.132. The summed E-state index contributed by atoms with van der Waals surface area (Å²) in [5, 5.41) is 13.5. The van der Waals surface area contributed by atoms with E-state index in [0.717, 1.165) is 9.58 Å². The van der Waals surface area contributed by atoms with Crippen LogP contribution >= 0.6 is 22.7 Å². The fraction of sp³-hybridized carbons (Fsp3) is 0.160. The number of hydrogen-bond donors (Lipinski definition) is 1. The number of rotatable bonds is 4. The van der Waals surface area contributed by atoms with Gasteiger partial charge in [-0.3, -0.25) is 14.5 Å². The van der Waals surface area contributed by atoms with Gasteiger partial charge in [-0.25, -0.2) is 4.98 Å². The largest absolute Gasteiger partial charge is 0.507 e. The van der Waals surface area contributed by atoms with Gasteiger partial charge in [0.1, 0.15) is 30.8 Å². The number of aliphatic hydroxyl groups excluding tert-OH is 1. The number of anilines is 1. The van der Waals surface area contributed by atoms with Crippen molar-refractivity contribution in [2.45, 2.75) is 6.04 Å². The predicted octanol–water partition coefficient (Wildman–Crippen LogP) is 4.76. The van der Waals surface area contributed by atoms with Crippen molar-refractivity contribution in [3.63, 3.8) is 0 Å². The number of fused-ring (bicyclic) bond motifs is 2. The quantitative estimate of drug-likeness (QED) is 0.242. The number of thiophene rings is 1. The van der Waals surface area contributed by atoms with Gasteiger partial charge in [-0.05, 0) is 47.8 Å². The standard InChI is InChI=1S/C25H18N2O6S2/c1-31-14-5-6-15-19(12-14)35-25(26-15)27-21(18-3-2-10-34-18)20(23(29)24(27)30)22(28)13-4-7-16-17(11-13)33-9-8-32-16/h2-7,10-12,21,28H,8-9H2,1H3/b22-20-. The normalized spacial score (nSPS) is 18.9. The fourth-order valence-electron chi connectivity index (χ4n) is 4.21. The third-order valence-electron chi connectivity index (χ3n) is 5.86. The van der Waals surface area contributed by atoms with Gasteiger partial charge in [0, 0.05) is 10.4 Å². The average Bonchev–Trinajstić information content (AvgIpc) is 3.61. The number of thiazole rings is 1. The average molecular weight is 507 g/mol. The summed E-state index contributed by atoms with van der Waals surface area (Å²) >= 11 is 2.68. The molecule has 2 aromatic carbocycles. The van der Waals surface area contributed by atoms with Crippen LogP contribution in [0.4, 0.5) is 5.13 Å². The van der Waals surface area contributed by atoms with Crippen LogP contribution in [0.25, 0.3) is 16.0 Å². The Labute approximate surface area is 207 Å². The van der Waals surface area contributed by atoms with Gasteiger partial charge in [0.05, 0.1) is 22.9 Å². The highest BCUT2D eigenvalue weighted by Crippen LogP contribution is 2.46. The molecule has 2 aliphatic rings. The molecule has 4 heterocycles. The summed E-state index contributed by atoms with van der Waals surface area (Å²) in [6, 6.07) is 13.2. The third-order valence-corrected chi connectivity index (χ3v) is 7.81. The number of hydrogen-bond acceptors (Lipinski definition) is 9. The Morgan fingerprint density at radius 2 is 1.94 bits per heavy atom. The Morgan fingerprint density at radius 1 is 1.11 bits per heavy atom. The van der Waals surface area contributed by atoms with Crippen molar-refractivity contribution in [2.75, 3.05) is 25.2 Å². The van der Waals surface area contributed by atoms with E-state index in [-0.39, 0.29) is 11.3 Å². The second kappa shape index (κ2) is 8.40. The van der Waals surface area contributed by atoms with E-state index >= 15 is 0 Å². The maximum absolute atomic E-state index is 13.3. The van der Waals surface area contributed by atoms with E-state index in [2.05, 4.69) is 4.98 Å². The minimum atomic E-state index is -0.814. The molecule has 6 rings (SSSR count). The fourth-order valence-corrected chi connectivity index (χ4v) is 6.06. The number of ether oxygens (including phenoxy) is 3. The Kier molecular flexibility index (Phi) is 5.19. The number of ketones is 1. The molecule has 0 aliphatic carbocycles. The van der Waals surface area contributed by atoms with Crippen molar-refractivity contribution in [1.29, 1.82) is 0 Å². The Hall–Kier alpha value is -3.89. The molecule has 2 aliphatic heterocycles. The monoisotopic (exact) mass is 506 g/mol. The van der Waals surface area contributed by atoms with Gasteiger partial charge >= 0.3 is 5.91 Å². The first-order valence-corrected chi connectivity index (χ1v) is 12.4. The van der Waals surface area contributed by atoms with E-state index in [9.17, 15) is 14.7 Å². The number of aromatic nitrogens is 1. The molecule has 35 heavy (non-hydrogen) atoms. The van der Waals surface area contributed by atoms with E-state index in [1.54, 1.807) is 37.4 Å². The number of nitrogens with zero attached hydrogens (tertiary/aromatic N) is 2. The zero-order valence-electron chi connectivity index (χ0n) is 18.4. The van der Waals surface area contributed by atoms with Crippen molar-refractivity contribution in [1.82, 2.24) is 4.98 Å². The molecule has 1 atom stereocenters. The first kappa shape index (κ1) is 21.6. The molecule has 2 aromatic heterocycles. The zero-order valence-corrected chi connectivity index (χ0v) is 20.0. The van der Waals surface area contributed by atoms with Crippen LogP contribution in [-0.4, -0.2) is 42.1 Å². The first-order valence-electron chi connectivity index (χ1n) is 10.7. The molecule has 4 aromatic rings. The minimum Gasteiger partial charge on any atom is -0.507 e. The van der Waals surface area contributed by atoms with E-state index in [0.29, 0.717) is 46.7 Å². The highest BCUT2D eigenvalue weighted by molar-refractivity contribution is 7.22. The smallest absolute Gasteiger partial charge is 0.301 e. The molecule has 176 valence electrons. The lowest BCUT2D eigenvalue weighted by Crippen LogP contribution is -2.28. The van der Waals surface area contributed by atoms with Crippen LogP contribution in [0.15, 0.2) is 59.5 Å². The lowest BCUT2D eigenvalue weighted by atomic mass is 9.99. The van der Waals surface area contributed by atoms with Crippen molar-refractivity contribution >= 4 is 55.5 Å². The summed E-state index contributed by atoms with van der Waals surface area (Å²) in [5.41, 5.74) is 1.05. The van der Waals surface area contributed by atoms with Crippen LogP contribution in [0.1, 0.15) is 16.5 Å². The molecule has 1 N–H and O–H groups in total. The number of amides is 1. The molecule has 0 bridgehead atoms. The second-order valence-electron chi connectivity index (χ2n) is 7.87. The molecule has 8 nitrogen and oxygen atoms in total. The molecular weight excluding hydrogens is 488 g/mol. The van der Waals surface area contributed by atoms with E-state index < -0.39 is 17.7 Å². The van der Waals surface area contributed by atoms with Gasteiger partial charge in [-0.2, -0.15) is 0 Å². The van der Waals surface area contributed by atoms with Gasteiger partial charge in [-0.15, -0.1) is 11.3 Å². The SMILES string of the molecule is COc1ccc2nc(N3C(=O)C(=O)/C(=C(\O)c4ccc5c(c4)OCCO5)C3c3cccs3)sc2c1. The highest BCUT2D eigenvalue weighted by Gasteiger charge is 2.48. The van der Waals surface area contributed by atoms with Gasteiger partial charge in [0.25, 0.3) is 5.78 Å². The van der Waals surface area contributed by atoms with Crippen LogP contribution in [0.2, 0.25) is 0 Å². The summed E-state index contributed by atoms with van der Waals surface area (Å²) in [4.78, 5) is 33.4. The molecule has 0 spiro atoms. The Bertz CT molecular complexity index is 1510. The number of carbonyl (C=O) groups excluding carboxylic acids is 2. The number of Topliss-reactive ketones (excluding diaryl/α,β-unsaturated/α-hetero) is 1. The lowest BCUT2D eigenvalue weighted by Gasteiger charge is -2.22. The van der Waals surface area contributed by atoms with E-state index in [1.807, 2.05) is 23.6 Å². The summed E-state index contributed by atoms with van der Waals surface area (Å²) in [6.07, 6.45) is 0. The van der Waals surface area contributed by atoms with Crippen LogP contribution < -0.4 is 19.1 Å². The maximum atomic E-state index is 13.3. The van der Waals surface area contributed by atoms with Crippen molar-refractivity contribution in [3.05, 3.63) is 69.9 Å². The Morgan fingerprint density at radius 3 is 2.71 bits per heavy atom. The molecule has 1 unspecified atom stereocenters. The predicted molar refractivity (Wildman–Crippen MR) is 133 cm³/mol. The molecule has 1 saturated heterocycles. The summed E-state index contributed by atoms with van der Waals surface area (Å²) in [6.45, 7) is 0.828. The van der Waals surface area contributed by atoms with Crippen LogP contribution in [-0.2, 0) is 9.59 Å². The molecule has 0 radical (unpaired) electrons. The number of benzene rings is 2. The van der Waals surface area contributed by atoms with Crippen LogP contribution in [0.5, 0.6) is 17.2 Å². The Balaban J connectivity index is 1.50. The van der Waals surface area contributed by atoms with E-state index in [4.69, 9.17) is 14.2 Å². The molecular formula is C25H18N2O6S2. The second-order valence-corrected chi connectivity index (χ2v) is 9.86. The number of methoxy groups -OCH3 is 1.